The number of nitrogens with zero attached hydrogens (tertiary/aromatic N) is 2. The van der Waals surface area contributed by atoms with Crippen molar-refractivity contribution in [3.63, 3.8) is 0 Å². The van der Waals surface area contributed by atoms with Crippen molar-refractivity contribution in [1.29, 1.82) is 0 Å². The molecule has 0 aromatic heterocycles. The van der Waals surface area contributed by atoms with Crippen molar-refractivity contribution in [2.45, 2.75) is 19.9 Å². The number of benzene rings is 1. The summed E-state index contributed by atoms with van der Waals surface area (Å²) >= 11 is 0. The van der Waals surface area contributed by atoms with E-state index in [1.165, 1.54) is 17.0 Å². The third kappa shape index (κ3) is 2.69. The summed E-state index contributed by atoms with van der Waals surface area (Å²) in [7, 11) is 1.66. The smallest absolute Gasteiger partial charge is 0.322 e. The number of carbonyl (C=O) groups excluding carboxylic acids is 2. The average molecular weight is 317 g/mol. The Morgan fingerprint density at radius 1 is 1.26 bits per heavy atom. The molecule has 1 aromatic carbocycles. The van der Waals surface area contributed by atoms with Crippen molar-refractivity contribution < 1.29 is 14.0 Å². The maximum absolute atomic E-state index is 13.2. The first-order valence-electron chi connectivity index (χ1n) is 7.70. The second kappa shape index (κ2) is 5.68. The van der Waals surface area contributed by atoms with Crippen LogP contribution < -0.4 is 5.32 Å². The largest absolute Gasteiger partial charge is 0.333 e. The Labute approximate surface area is 134 Å². The molecule has 1 aromatic rings. The van der Waals surface area contributed by atoms with Gasteiger partial charge in [-0.05, 0) is 23.6 Å². The van der Waals surface area contributed by atoms with Crippen LogP contribution in [0.2, 0.25) is 0 Å². The van der Waals surface area contributed by atoms with E-state index in [1.807, 2.05) is 0 Å². The lowest BCUT2D eigenvalue weighted by Gasteiger charge is -2.31. The number of hydrogen-bond acceptors (Lipinski definition) is 2. The average Bonchev–Trinajstić information content (AvgIpc) is 2.81. The Hall–Kier alpha value is -2.37. The second-order valence-corrected chi connectivity index (χ2v) is 6.43. The van der Waals surface area contributed by atoms with Gasteiger partial charge in [0, 0.05) is 13.6 Å². The van der Waals surface area contributed by atoms with Crippen molar-refractivity contribution in [3.05, 3.63) is 46.9 Å². The Morgan fingerprint density at radius 3 is 2.52 bits per heavy atom. The molecule has 3 rings (SSSR count). The molecular formula is C17H20FN3O2. The molecule has 1 atom stereocenters. The third-order valence-electron chi connectivity index (χ3n) is 4.22. The maximum atomic E-state index is 13.2. The van der Waals surface area contributed by atoms with Crippen LogP contribution in [0.25, 0.3) is 0 Å². The molecule has 6 heteroatoms. The van der Waals surface area contributed by atoms with Crippen LogP contribution in [0, 0.1) is 11.7 Å². The van der Waals surface area contributed by atoms with Crippen LogP contribution in [-0.2, 0) is 4.79 Å². The normalized spacial score (nSPS) is 21.2. The van der Waals surface area contributed by atoms with Crippen LogP contribution in [0.4, 0.5) is 9.18 Å². The van der Waals surface area contributed by atoms with Gasteiger partial charge in [-0.1, -0.05) is 26.0 Å². The topological polar surface area (TPSA) is 52.7 Å². The fourth-order valence-corrected chi connectivity index (χ4v) is 3.12. The van der Waals surface area contributed by atoms with Gasteiger partial charge in [0.05, 0.1) is 23.9 Å². The molecule has 0 saturated heterocycles. The zero-order valence-corrected chi connectivity index (χ0v) is 13.5. The van der Waals surface area contributed by atoms with Gasteiger partial charge in [-0.25, -0.2) is 9.18 Å². The minimum Gasteiger partial charge on any atom is -0.333 e. The summed E-state index contributed by atoms with van der Waals surface area (Å²) in [6.45, 7) is 5.18. The molecule has 0 aliphatic carbocycles. The molecule has 5 nitrogen and oxygen atoms in total. The number of amides is 3. The summed E-state index contributed by atoms with van der Waals surface area (Å²) in [4.78, 5) is 28.3. The van der Waals surface area contributed by atoms with E-state index in [0.29, 0.717) is 30.1 Å². The van der Waals surface area contributed by atoms with Gasteiger partial charge in [0.2, 0.25) is 0 Å². The minimum absolute atomic E-state index is 0.0603. The Kier molecular flexibility index (Phi) is 3.83. The maximum Gasteiger partial charge on any atom is 0.322 e. The molecule has 2 aliphatic rings. The van der Waals surface area contributed by atoms with Crippen molar-refractivity contribution in [2.24, 2.45) is 5.92 Å². The number of carbonyl (C=O) groups is 2. The molecule has 23 heavy (non-hydrogen) atoms. The highest BCUT2D eigenvalue weighted by atomic mass is 19.1. The van der Waals surface area contributed by atoms with Crippen molar-refractivity contribution in [2.75, 3.05) is 20.1 Å². The van der Waals surface area contributed by atoms with Crippen LogP contribution in [0.1, 0.15) is 25.5 Å². The first-order chi connectivity index (χ1) is 10.9. The van der Waals surface area contributed by atoms with Gasteiger partial charge in [-0.2, -0.15) is 0 Å². The molecule has 3 amide bonds. The first-order valence-corrected chi connectivity index (χ1v) is 7.70. The second-order valence-electron chi connectivity index (χ2n) is 6.43. The van der Waals surface area contributed by atoms with E-state index in [1.54, 1.807) is 24.1 Å². The van der Waals surface area contributed by atoms with Crippen LogP contribution in [-0.4, -0.2) is 41.9 Å². The van der Waals surface area contributed by atoms with Gasteiger partial charge in [0.25, 0.3) is 5.91 Å². The molecule has 2 heterocycles. The van der Waals surface area contributed by atoms with Crippen LogP contribution >= 0.6 is 0 Å². The minimum atomic E-state index is -0.529. The monoisotopic (exact) mass is 317 g/mol. The van der Waals surface area contributed by atoms with E-state index in [2.05, 4.69) is 19.2 Å². The Balaban J connectivity index is 1.99. The summed E-state index contributed by atoms with van der Waals surface area (Å²) in [5.41, 5.74) is 2.02. The molecule has 0 fully saturated rings. The van der Waals surface area contributed by atoms with Crippen LogP contribution in [0.15, 0.2) is 35.5 Å². The number of likely N-dealkylation sites (N-methyl/N-ethyl adjacent to an activating group) is 1. The highest BCUT2D eigenvalue weighted by molar-refractivity contribution is 6.01. The molecule has 122 valence electrons. The zero-order valence-electron chi connectivity index (χ0n) is 13.5. The zero-order chi connectivity index (χ0) is 16.7. The Morgan fingerprint density at radius 2 is 1.91 bits per heavy atom. The lowest BCUT2D eigenvalue weighted by Crippen LogP contribution is -2.45. The van der Waals surface area contributed by atoms with E-state index in [0.717, 1.165) is 5.70 Å². The SMILES string of the molecule is CC(C)CN1CC2=C(C1=O)C(c1ccc(F)cc1)NC(=O)N2C. The number of hydrogen-bond donors (Lipinski definition) is 1. The molecule has 2 aliphatic heterocycles. The first kappa shape index (κ1) is 15.5. The highest BCUT2D eigenvalue weighted by Crippen LogP contribution is 2.35. The predicted octanol–water partition coefficient (Wildman–Crippen LogP) is 2.27. The van der Waals surface area contributed by atoms with Gasteiger partial charge in [0.15, 0.2) is 0 Å². The third-order valence-corrected chi connectivity index (χ3v) is 4.22. The number of urea groups is 1. The summed E-state index contributed by atoms with van der Waals surface area (Å²) in [5, 5.41) is 2.84. The fourth-order valence-electron chi connectivity index (χ4n) is 3.12. The lowest BCUT2D eigenvalue weighted by molar-refractivity contribution is -0.126. The Bertz CT molecular complexity index is 682. The van der Waals surface area contributed by atoms with Crippen molar-refractivity contribution in [3.8, 4) is 0 Å². The van der Waals surface area contributed by atoms with E-state index in [-0.39, 0.29) is 17.8 Å². The quantitative estimate of drug-likeness (QED) is 0.930. The van der Waals surface area contributed by atoms with Gasteiger partial charge >= 0.3 is 6.03 Å². The highest BCUT2D eigenvalue weighted by Gasteiger charge is 2.42. The van der Waals surface area contributed by atoms with Crippen LogP contribution in [0.3, 0.4) is 0 Å². The van der Waals surface area contributed by atoms with Crippen molar-refractivity contribution >= 4 is 11.9 Å². The molecular weight excluding hydrogens is 297 g/mol. The molecule has 0 spiro atoms. The molecule has 1 unspecified atom stereocenters. The van der Waals surface area contributed by atoms with E-state index < -0.39 is 6.04 Å². The molecule has 1 N–H and O–H groups in total. The molecule has 0 bridgehead atoms. The van der Waals surface area contributed by atoms with E-state index in [9.17, 15) is 14.0 Å². The summed E-state index contributed by atoms with van der Waals surface area (Å²) in [6.07, 6.45) is 0. The number of nitrogens with one attached hydrogen (secondary N) is 1. The number of rotatable bonds is 3. The molecule has 0 saturated carbocycles. The lowest BCUT2D eigenvalue weighted by atomic mass is 9.96. The van der Waals surface area contributed by atoms with E-state index >= 15 is 0 Å². The fraction of sp³-hybridized carbons (Fsp3) is 0.412. The summed E-state index contributed by atoms with van der Waals surface area (Å²) < 4.78 is 13.2. The van der Waals surface area contributed by atoms with Gasteiger partial charge in [0.1, 0.15) is 5.82 Å². The van der Waals surface area contributed by atoms with Gasteiger partial charge in [-0.3, -0.25) is 9.69 Å². The van der Waals surface area contributed by atoms with Crippen LogP contribution in [0.5, 0.6) is 0 Å². The van der Waals surface area contributed by atoms with Gasteiger partial charge in [-0.15, -0.1) is 0 Å². The van der Waals surface area contributed by atoms with Gasteiger partial charge < -0.3 is 10.2 Å². The van der Waals surface area contributed by atoms with E-state index in [4.69, 9.17) is 0 Å². The van der Waals surface area contributed by atoms with Crippen molar-refractivity contribution in [1.82, 2.24) is 15.1 Å². The predicted molar refractivity (Wildman–Crippen MR) is 83.9 cm³/mol. The molecule has 0 radical (unpaired) electrons. The standard InChI is InChI=1S/C17H20FN3O2/c1-10(2)8-21-9-13-14(16(21)22)15(19-17(23)20(13)3)11-4-6-12(18)7-5-11/h4-7,10,15H,8-9H2,1-3H3,(H,19,23). The summed E-state index contributed by atoms with van der Waals surface area (Å²) in [5.74, 6) is -0.0604. The number of halogens is 1. The summed E-state index contributed by atoms with van der Waals surface area (Å²) in [6, 6.07) is 5.11.